The maximum Gasteiger partial charge on any atom is 0.415 e. The van der Waals surface area contributed by atoms with Crippen LogP contribution in [0.3, 0.4) is 0 Å². The third-order valence-electron chi connectivity index (χ3n) is 6.13. The van der Waals surface area contributed by atoms with Gasteiger partial charge in [-0.25, -0.2) is 14.8 Å². The summed E-state index contributed by atoms with van der Waals surface area (Å²) in [5, 5.41) is 15.1. The molecule has 1 aromatic heterocycles. The molecule has 0 saturated carbocycles. The Morgan fingerprint density at radius 2 is 1.80 bits per heavy atom. The standard InChI is InChI=1S/C29H32N6O5/c1-3-15-35-16-7-8-22(17-35)33-27-25(28(32-18-31-27)34-29(37)39-19-38-20(2)36)26(30)21-11-13-24(14-12-21)40-23-9-5-4-6-10-23/h3-6,9-14,18,22,30H,1,7-8,15-17,19H2,2H3,(H2,31,32,33,34,37). The summed E-state index contributed by atoms with van der Waals surface area (Å²) in [6.45, 7) is 7.04. The van der Waals surface area contributed by atoms with Crippen LogP contribution in [0.1, 0.15) is 30.9 Å². The minimum absolute atomic E-state index is 0.0700. The maximum absolute atomic E-state index is 12.4. The fraction of sp³-hybridized carbons (Fsp3) is 0.276. The first-order valence-electron chi connectivity index (χ1n) is 12.9. The SMILES string of the molecule is C=CCN1CCCC(Nc2ncnc(NC(=O)OCOC(C)=O)c2C(=N)c2ccc(Oc3ccccc3)cc2)C1. The Bertz CT molecular complexity index is 1330. The monoisotopic (exact) mass is 544 g/mol. The van der Waals surface area contributed by atoms with Gasteiger partial charge in [-0.1, -0.05) is 24.3 Å². The van der Waals surface area contributed by atoms with Crippen LogP contribution < -0.4 is 15.4 Å². The summed E-state index contributed by atoms with van der Waals surface area (Å²) < 4.78 is 15.5. The number of amides is 1. The molecule has 1 aliphatic rings. The lowest BCUT2D eigenvalue weighted by atomic mass is 10.0. The number of ether oxygens (including phenoxy) is 3. The Balaban J connectivity index is 1.58. The van der Waals surface area contributed by atoms with Crippen LogP contribution in [0.2, 0.25) is 0 Å². The van der Waals surface area contributed by atoms with E-state index in [1.165, 1.54) is 13.3 Å². The van der Waals surface area contributed by atoms with Gasteiger partial charge in [0.2, 0.25) is 6.79 Å². The zero-order valence-electron chi connectivity index (χ0n) is 22.3. The van der Waals surface area contributed by atoms with Crippen LogP contribution in [-0.4, -0.2) is 65.1 Å². The van der Waals surface area contributed by atoms with E-state index in [1.807, 2.05) is 36.4 Å². The minimum Gasteiger partial charge on any atom is -0.457 e. The number of esters is 1. The molecular weight excluding hydrogens is 512 g/mol. The lowest BCUT2D eigenvalue weighted by Gasteiger charge is -2.33. The predicted molar refractivity (Wildman–Crippen MR) is 151 cm³/mol. The molecule has 0 bridgehead atoms. The van der Waals surface area contributed by atoms with Crippen molar-refractivity contribution in [3.8, 4) is 11.5 Å². The molecule has 1 atom stereocenters. The number of para-hydroxylation sites is 1. The Morgan fingerprint density at radius 3 is 2.52 bits per heavy atom. The van der Waals surface area contributed by atoms with E-state index in [-0.39, 0.29) is 17.6 Å². The summed E-state index contributed by atoms with van der Waals surface area (Å²) in [5.41, 5.74) is 0.944. The van der Waals surface area contributed by atoms with Crippen LogP contribution in [0.5, 0.6) is 11.5 Å². The van der Waals surface area contributed by atoms with Crippen molar-refractivity contribution < 1.29 is 23.8 Å². The fourth-order valence-electron chi connectivity index (χ4n) is 4.30. The van der Waals surface area contributed by atoms with Crippen molar-refractivity contribution in [1.82, 2.24) is 14.9 Å². The highest BCUT2D eigenvalue weighted by Crippen LogP contribution is 2.28. The summed E-state index contributed by atoms with van der Waals surface area (Å²) in [7, 11) is 0. The number of anilines is 2. The molecule has 1 fully saturated rings. The van der Waals surface area contributed by atoms with Gasteiger partial charge in [-0.2, -0.15) is 0 Å². The van der Waals surface area contributed by atoms with Gasteiger partial charge in [0.25, 0.3) is 0 Å². The fourth-order valence-corrected chi connectivity index (χ4v) is 4.30. The van der Waals surface area contributed by atoms with Crippen LogP contribution >= 0.6 is 0 Å². The number of nitrogens with one attached hydrogen (secondary N) is 3. The van der Waals surface area contributed by atoms with Gasteiger partial charge < -0.3 is 19.5 Å². The van der Waals surface area contributed by atoms with Crippen molar-refractivity contribution in [3.05, 3.63) is 84.7 Å². The van der Waals surface area contributed by atoms with Gasteiger partial charge in [-0.05, 0) is 55.8 Å². The summed E-state index contributed by atoms with van der Waals surface area (Å²) in [4.78, 5) is 34.4. The minimum atomic E-state index is -0.888. The second-order valence-corrected chi connectivity index (χ2v) is 9.10. The normalized spacial score (nSPS) is 15.0. The number of likely N-dealkylation sites (tertiary alicyclic amines) is 1. The molecule has 1 amide bonds. The molecule has 11 heteroatoms. The largest absolute Gasteiger partial charge is 0.457 e. The molecule has 0 aliphatic carbocycles. The average molecular weight is 545 g/mol. The van der Waals surface area contributed by atoms with Gasteiger partial charge in [0.05, 0.1) is 11.3 Å². The van der Waals surface area contributed by atoms with E-state index in [2.05, 4.69) is 36.8 Å². The average Bonchev–Trinajstić information content (AvgIpc) is 2.94. The van der Waals surface area contributed by atoms with Crippen LogP contribution in [0.15, 0.2) is 73.6 Å². The number of aromatic nitrogens is 2. The molecule has 3 N–H and O–H groups in total. The summed E-state index contributed by atoms with van der Waals surface area (Å²) in [5.74, 6) is 1.22. The highest BCUT2D eigenvalue weighted by Gasteiger charge is 2.24. The topological polar surface area (TPSA) is 139 Å². The Morgan fingerprint density at radius 1 is 1.07 bits per heavy atom. The predicted octanol–water partition coefficient (Wildman–Crippen LogP) is 4.82. The smallest absolute Gasteiger partial charge is 0.415 e. The Labute approximate surface area is 232 Å². The summed E-state index contributed by atoms with van der Waals surface area (Å²) in [6.07, 6.45) is 4.22. The molecule has 3 aromatic rings. The third kappa shape index (κ3) is 7.87. The zero-order valence-corrected chi connectivity index (χ0v) is 22.3. The molecule has 40 heavy (non-hydrogen) atoms. The van der Waals surface area contributed by atoms with Gasteiger partial charge in [-0.3, -0.25) is 20.4 Å². The lowest BCUT2D eigenvalue weighted by Crippen LogP contribution is -2.42. The number of benzene rings is 2. The third-order valence-corrected chi connectivity index (χ3v) is 6.13. The van der Waals surface area contributed by atoms with Gasteiger partial charge in [0.15, 0.2) is 0 Å². The first-order chi connectivity index (χ1) is 19.4. The maximum atomic E-state index is 12.4. The Kier molecular flexibility index (Phi) is 9.78. The lowest BCUT2D eigenvalue weighted by molar-refractivity contribution is -0.148. The van der Waals surface area contributed by atoms with Gasteiger partial charge in [0.1, 0.15) is 29.5 Å². The number of piperidine rings is 1. The van der Waals surface area contributed by atoms with E-state index in [1.54, 1.807) is 24.3 Å². The van der Waals surface area contributed by atoms with E-state index in [4.69, 9.17) is 14.9 Å². The quantitative estimate of drug-likeness (QED) is 0.134. The molecule has 2 aromatic carbocycles. The molecule has 208 valence electrons. The number of carbonyl (C=O) groups is 2. The molecule has 0 radical (unpaired) electrons. The summed E-state index contributed by atoms with van der Waals surface area (Å²) >= 11 is 0. The molecule has 1 aliphatic heterocycles. The van der Waals surface area contributed by atoms with Crippen LogP contribution in [-0.2, 0) is 14.3 Å². The van der Waals surface area contributed by atoms with Crippen molar-refractivity contribution in [3.63, 3.8) is 0 Å². The molecule has 1 unspecified atom stereocenters. The molecule has 11 nitrogen and oxygen atoms in total. The number of nitrogens with zero attached hydrogens (tertiary/aromatic N) is 3. The van der Waals surface area contributed by atoms with Gasteiger partial charge in [-0.15, -0.1) is 6.58 Å². The number of carbonyl (C=O) groups excluding carboxylic acids is 2. The van der Waals surface area contributed by atoms with Gasteiger partial charge in [0, 0.05) is 31.6 Å². The van der Waals surface area contributed by atoms with Crippen molar-refractivity contribution in [1.29, 1.82) is 5.41 Å². The molecule has 2 heterocycles. The number of hydrogen-bond donors (Lipinski definition) is 3. The Hall–Kier alpha value is -4.77. The van der Waals surface area contributed by atoms with Crippen molar-refractivity contribution in [2.24, 2.45) is 0 Å². The van der Waals surface area contributed by atoms with Crippen molar-refractivity contribution in [2.75, 3.05) is 37.1 Å². The van der Waals surface area contributed by atoms with E-state index in [0.717, 1.165) is 32.5 Å². The van der Waals surface area contributed by atoms with E-state index >= 15 is 0 Å². The van der Waals surface area contributed by atoms with Crippen LogP contribution in [0.4, 0.5) is 16.4 Å². The second kappa shape index (κ2) is 13.9. The molecule has 1 saturated heterocycles. The molecule has 4 rings (SSSR count). The molecular formula is C29H32N6O5. The first kappa shape index (κ1) is 28.2. The van der Waals surface area contributed by atoms with Crippen LogP contribution in [0, 0.1) is 5.41 Å². The van der Waals surface area contributed by atoms with Crippen molar-refractivity contribution >= 4 is 29.4 Å². The van der Waals surface area contributed by atoms with E-state index < -0.39 is 18.9 Å². The van der Waals surface area contributed by atoms with E-state index in [9.17, 15) is 9.59 Å². The second-order valence-electron chi connectivity index (χ2n) is 9.10. The van der Waals surface area contributed by atoms with Crippen molar-refractivity contribution in [2.45, 2.75) is 25.8 Å². The number of hydrogen-bond acceptors (Lipinski definition) is 10. The highest BCUT2D eigenvalue weighted by atomic mass is 16.7. The zero-order chi connectivity index (χ0) is 28.3. The highest BCUT2D eigenvalue weighted by molar-refractivity contribution is 6.17. The number of rotatable bonds is 11. The van der Waals surface area contributed by atoms with E-state index in [0.29, 0.717) is 28.4 Å². The summed E-state index contributed by atoms with van der Waals surface area (Å²) in [6, 6.07) is 16.5. The van der Waals surface area contributed by atoms with Crippen LogP contribution in [0.25, 0.3) is 0 Å². The first-order valence-corrected chi connectivity index (χ1v) is 12.9. The van der Waals surface area contributed by atoms with Gasteiger partial charge >= 0.3 is 12.1 Å². The molecule has 0 spiro atoms.